The van der Waals surface area contributed by atoms with Crippen LogP contribution in [0.15, 0.2) is 0 Å². The minimum atomic E-state index is 0.509. The van der Waals surface area contributed by atoms with Crippen molar-refractivity contribution < 1.29 is 30.9 Å². The van der Waals surface area contributed by atoms with Crippen molar-refractivity contribution in [3.63, 3.8) is 0 Å². The molecule has 0 spiro atoms. The number of rotatable bonds is 2. The summed E-state index contributed by atoms with van der Waals surface area (Å²) in [5.74, 6) is 0. The molecule has 0 N–H and O–H groups in total. The molecule has 0 radical (unpaired) electrons. The first-order valence-corrected chi connectivity index (χ1v) is 4.89. The van der Waals surface area contributed by atoms with E-state index in [1.807, 2.05) is 0 Å². The molecule has 0 aromatic rings. The van der Waals surface area contributed by atoms with Gasteiger partial charge in [-0.25, -0.2) is 0 Å². The molecule has 0 fully saturated rings. The van der Waals surface area contributed by atoms with Crippen LogP contribution < -0.4 is 0 Å². The fourth-order valence-corrected chi connectivity index (χ4v) is 0. The van der Waals surface area contributed by atoms with Gasteiger partial charge in [0.15, 0.2) is 0 Å². The molecule has 0 saturated heterocycles. The van der Waals surface area contributed by atoms with Crippen LogP contribution in [-0.4, -0.2) is 0 Å². The van der Waals surface area contributed by atoms with Crippen molar-refractivity contribution in [1.29, 1.82) is 0 Å². The van der Waals surface area contributed by atoms with Gasteiger partial charge in [0.1, 0.15) is 0 Å². The fourth-order valence-electron chi connectivity index (χ4n) is 0. The van der Waals surface area contributed by atoms with Gasteiger partial charge in [-0.3, -0.25) is 0 Å². The summed E-state index contributed by atoms with van der Waals surface area (Å²) in [4.78, 5) is 1.02. The predicted molar refractivity (Wildman–Crippen MR) is 39.4 cm³/mol. The Kier molecular flexibility index (Phi) is 13.6. The molecule has 0 nitrogen and oxygen atoms in total. The van der Waals surface area contributed by atoms with Crippen molar-refractivity contribution in [2.24, 2.45) is 0 Å². The molecule has 0 aliphatic heterocycles. The van der Waals surface area contributed by atoms with Gasteiger partial charge in [-0.1, -0.05) is 0 Å². The van der Waals surface area contributed by atoms with Crippen LogP contribution in [0.25, 0.3) is 0 Å². The van der Waals surface area contributed by atoms with Gasteiger partial charge in [0.2, 0.25) is 0 Å². The molecule has 0 saturated carbocycles. The molecule has 0 aromatic heterocycles. The van der Waals surface area contributed by atoms with Crippen molar-refractivity contribution in [2.75, 3.05) is 0 Å². The van der Waals surface area contributed by atoms with Gasteiger partial charge < -0.3 is 0 Å². The van der Waals surface area contributed by atoms with Gasteiger partial charge >= 0.3 is 81.2 Å². The molecular weight excluding hydrogens is 213 g/mol. The van der Waals surface area contributed by atoms with Crippen LogP contribution in [0.4, 0.5) is 0 Å². The van der Waals surface area contributed by atoms with E-state index in [0.717, 1.165) is 12.8 Å². The summed E-state index contributed by atoms with van der Waals surface area (Å²) >= 11 is 9.05. The summed E-state index contributed by atoms with van der Waals surface area (Å²) in [6.07, 6.45) is 2.28. The van der Waals surface area contributed by atoms with Crippen molar-refractivity contribution in [3.8, 4) is 0 Å². The molecule has 0 rings (SSSR count). The third-order valence-electron chi connectivity index (χ3n) is 1.07. The first-order chi connectivity index (χ1) is 4.54. The van der Waals surface area contributed by atoms with Crippen LogP contribution in [-0.2, 0) is 30.9 Å². The molecule has 2 heteroatoms. The SMILES string of the molecule is CC[CH](C)[Ni].CC[CH](C)[Ni]. The Morgan fingerprint density at radius 2 is 1.00 bits per heavy atom. The topological polar surface area (TPSA) is 0 Å². The van der Waals surface area contributed by atoms with Gasteiger partial charge in [-0.05, 0) is 0 Å². The Morgan fingerprint density at radius 1 is 0.900 bits per heavy atom. The van der Waals surface area contributed by atoms with Crippen LogP contribution >= 0.6 is 0 Å². The van der Waals surface area contributed by atoms with Crippen LogP contribution in [0, 0.1) is 0 Å². The monoisotopic (exact) mass is 230 g/mol. The Bertz CT molecular complexity index is 43.2. The Morgan fingerprint density at radius 3 is 1.00 bits per heavy atom. The quantitative estimate of drug-likeness (QED) is 0.638. The van der Waals surface area contributed by atoms with E-state index in [1.165, 1.54) is 0 Å². The van der Waals surface area contributed by atoms with Crippen molar-refractivity contribution in [2.45, 2.75) is 50.3 Å². The van der Waals surface area contributed by atoms with E-state index in [4.69, 9.17) is 0 Å². The molecule has 0 aliphatic carbocycles. The van der Waals surface area contributed by atoms with Crippen LogP contribution in [0.5, 0.6) is 0 Å². The number of hydrogen-bond donors (Lipinski definition) is 0. The van der Waals surface area contributed by atoms with Crippen LogP contribution in [0.3, 0.4) is 0 Å². The molecular formula is C8H18Ni2. The van der Waals surface area contributed by atoms with Gasteiger partial charge in [0.25, 0.3) is 0 Å². The summed E-state index contributed by atoms with van der Waals surface area (Å²) in [5, 5.41) is 0. The van der Waals surface area contributed by atoms with Crippen LogP contribution in [0.2, 0.25) is 9.78 Å². The van der Waals surface area contributed by atoms with Crippen molar-refractivity contribution in [3.05, 3.63) is 0 Å². The fraction of sp³-hybridized carbons (Fsp3) is 1.00. The zero-order valence-electron chi connectivity index (χ0n) is 7.20. The summed E-state index contributed by atoms with van der Waals surface area (Å²) in [7, 11) is 0. The second-order valence-corrected chi connectivity index (χ2v) is 4.20. The van der Waals surface area contributed by atoms with Crippen LogP contribution in [0.1, 0.15) is 40.5 Å². The molecule has 2 atom stereocenters. The first kappa shape index (κ1) is 13.6. The maximum absolute atomic E-state index is 4.52. The average Bonchev–Trinajstić information content (AvgIpc) is 1.89. The normalized spacial score (nSPS) is 15.2. The van der Waals surface area contributed by atoms with Gasteiger partial charge in [0, 0.05) is 0 Å². The van der Waals surface area contributed by atoms with Gasteiger partial charge in [-0.2, -0.15) is 0 Å². The summed E-state index contributed by atoms with van der Waals surface area (Å²) in [5.41, 5.74) is 0. The number of hydrogen-bond acceptors (Lipinski definition) is 0. The minimum absolute atomic E-state index is 0.509. The Labute approximate surface area is 81.3 Å². The third-order valence-corrected chi connectivity index (χ3v) is 1.88. The molecule has 0 bridgehead atoms. The van der Waals surface area contributed by atoms with E-state index in [1.54, 1.807) is 0 Å². The molecule has 0 amide bonds. The van der Waals surface area contributed by atoms with E-state index < -0.39 is 0 Å². The standard InChI is InChI=1S/2C4H9.2Ni/c2*1-3-4-2;;/h2*3H,4H2,1-2H3;;. The van der Waals surface area contributed by atoms with Crippen molar-refractivity contribution in [1.82, 2.24) is 0 Å². The molecule has 0 aromatic carbocycles. The van der Waals surface area contributed by atoms with E-state index in [-0.39, 0.29) is 0 Å². The Balaban J connectivity index is 0. The average molecular weight is 232 g/mol. The zero-order valence-corrected chi connectivity index (χ0v) is 9.18. The molecule has 0 heterocycles. The maximum atomic E-state index is 4.52. The zero-order chi connectivity index (χ0) is 8.57. The second kappa shape index (κ2) is 9.99. The molecule has 2 unspecified atom stereocenters. The summed E-state index contributed by atoms with van der Waals surface area (Å²) < 4.78 is 0. The second-order valence-electron chi connectivity index (χ2n) is 2.26. The third kappa shape index (κ3) is 23.1. The summed E-state index contributed by atoms with van der Waals surface area (Å²) in [6, 6.07) is 0. The van der Waals surface area contributed by atoms with Gasteiger partial charge in [-0.15, -0.1) is 0 Å². The van der Waals surface area contributed by atoms with E-state index >= 15 is 0 Å². The summed E-state index contributed by atoms with van der Waals surface area (Å²) in [6.45, 7) is 8.32. The molecule has 0 aliphatic rings. The Hall–Kier alpha value is 0.987. The van der Waals surface area contributed by atoms with E-state index in [0.29, 0.717) is 9.78 Å². The van der Waals surface area contributed by atoms with E-state index in [9.17, 15) is 0 Å². The molecule has 10 heavy (non-hydrogen) atoms. The van der Waals surface area contributed by atoms with E-state index in [2.05, 4.69) is 58.6 Å². The molecule has 70 valence electrons. The predicted octanol–water partition coefficient (Wildman–Crippen LogP) is 3.50. The first-order valence-electron chi connectivity index (χ1n) is 3.75. The van der Waals surface area contributed by atoms with Crippen molar-refractivity contribution >= 4 is 0 Å². The van der Waals surface area contributed by atoms with Gasteiger partial charge in [0.05, 0.1) is 0 Å².